The number of para-hydroxylation sites is 2. The number of halogens is 20. The van der Waals surface area contributed by atoms with Crippen LogP contribution in [-0.2, 0) is 10.8 Å². The van der Waals surface area contributed by atoms with Gasteiger partial charge in [0.1, 0.15) is 5.75 Å². The first-order valence-corrected chi connectivity index (χ1v) is 10.3. The Hall–Kier alpha value is -3.57. The molecule has 1 N–H and O–H groups in total. The highest BCUT2D eigenvalue weighted by atomic mass is 19.4. The molecule has 0 saturated heterocycles. The van der Waals surface area contributed by atoms with Crippen LogP contribution in [0.15, 0.2) is 24.3 Å². The second kappa shape index (κ2) is 10.5. The van der Waals surface area contributed by atoms with Gasteiger partial charge in [-0.2, -0.15) is 97.8 Å². The molecule has 0 bridgehead atoms. The number of rotatable bonds is 6. The minimum absolute atomic E-state index is 0.581. The van der Waals surface area contributed by atoms with Gasteiger partial charge in [-0.1, -0.05) is 12.1 Å². The van der Waals surface area contributed by atoms with Gasteiger partial charge in [0.15, 0.2) is 11.6 Å². The number of hydrogen-bond acceptors (Lipinski definition) is 5. The molecular weight excluding hydrogens is 680 g/mol. The van der Waals surface area contributed by atoms with Crippen LogP contribution in [0.25, 0.3) is 0 Å². The lowest BCUT2D eigenvalue weighted by atomic mass is 9.77. The highest BCUT2D eigenvalue weighted by molar-refractivity contribution is 5.62. The first kappa shape index (κ1) is 36.6. The smallest absolute Gasteiger partial charge is 0.455 e. The Morgan fingerprint density at radius 2 is 0.864 bits per heavy atom. The van der Waals surface area contributed by atoms with Crippen LogP contribution in [0.1, 0.15) is 11.6 Å². The number of benzene rings is 1. The summed E-state index contributed by atoms with van der Waals surface area (Å²) < 4.78 is 279. The first-order chi connectivity index (χ1) is 19.4. The molecule has 250 valence electrons. The molecule has 25 heteroatoms. The fourth-order valence-corrected chi connectivity index (χ4v) is 3.62. The van der Waals surface area contributed by atoms with E-state index in [0.29, 0.717) is 6.07 Å². The van der Waals surface area contributed by atoms with E-state index in [1.54, 1.807) is 0 Å². The third-order valence-corrected chi connectivity index (χ3v) is 5.61. The molecule has 0 amide bonds. The van der Waals surface area contributed by atoms with Gasteiger partial charge in [0.2, 0.25) is 5.95 Å². The molecule has 0 fully saturated rings. The minimum Gasteiger partial charge on any atom is -0.495 e. The third kappa shape index (κ3) is 5.34. The van der Waals surface area contributed by atoms with Crippen LogP contribution in [0.4, 0.5) is 99.4 Å². The van der Waals surface area contributed by atoms with Crippen molar-refractivity contribution in [1.29, 1.82) is 0 Å². The van der Waals surface area contributed by atoms with E-state index in [0.717, 1.165) is 25.3 Å². The van der Waals surface area contributed by atoms with E-state index in [1.165, 1.54) is 10.3 Å². The summed E-state index contributed by atoms with van der Waals surface area (Å²) in [6, 6.07) is 3.23. The van der Waals surface area contributed by atoms with Gasteiger partial charge in [-0.05, 0) is 12.1 Å². The predicted molar refractivity (Wildman–Crippen MR) is 101 cm³/mol. The van der Waals surface area contributed by atoms with E-state index in [-0.39, 0.29) is 0 Å². The van der Waals surface area contributed by atoms with E-state index < -0.39 is 82.8 Å². The summed E-state index contributed by atoms with van der Waals surface area (Å²) in [5.41, 5.74) is -16.7. The molecule has 0 saturated carbocycles. The minimum atomic E-state index is -8.33. The summed E-state index contributed by atoms with van der Waals surface area (Å²) in [6.45, 7) is 0. The average molecular weight is 688 g/mol. The van der Waals surface area contributed by atoms with E-state index >= 15 is 0 Å². The highest BCUT2D eigenvalue weighted by Crippen LogP contribution is 2.64. The molecule has 0 aliphatic heterocycles. The number of nitrogens with zero attached hydrogens (tertiary/aromatic N) is 3. The zero-order chi connectivity index (χ0) is 34.8. The summed E-state index contributed by atoms with van der Waals surface area (Å²) in [7, 11) is 0.731. The van der Waals surface area contributed by atoms with Crippen molar-refractivity contribution in [3.63, 3.8) is 0 Å². The highest BCUT2D eigenvalue weighted by Gasteiger charge is 2.92. The van der Waals surface area contributed by atoms with E-state index in [9.17, 15) is 87.8 Å². The SMILES string of the molecule is COc1ccccc1Nc1nc(C(C(F)(F)F)(C(F)(F)F)C(F)(F)F)nc(C(C(F)(F)F)(C(F)(F)F)C(F)(F)C(F)(F)F)n1. The van der Waals surface area contributed by atoms with Gasteiger partial charge in [-0.25, -0.2) is 4.98 Å². The Morgan fingerprint density at radius 1 is 0.500 bits per heavy atom. The second-order valence-electron chi connectivity index (χ2n) is 8.19. The number of anilines is 2. The third-order valence-electron chi connectivity index (χ3n) is 5.61. The van der Waals surface area contributed by atoms with Crippen molar-refractivity contribution in [2.45, 2.75) is 53.8 Å². The van der Waals surface area contributed by atoms with Gasteiger partial charge in [0.05, 0.1) is 12.8 Å². The molecule has 1 aromatic heterocycles. The van der Waals surface area contributed by atoms with Crippen molar-refractivity contribution in [1.82, 2.24) is 15.0 Å². The van der Waals surface area contributed by atoms with E-state index in [4.69, 9.17) is 0 Å². The Morgan fingerprint density at radius 3 is 1.20 bits per heavy atom. The molecule has 1 heterocycles. The lowest BCUT2D eigenvalue weighted by Crippen LogP contribution is -2.70. The monoisotopic (exact) mass is 688 g/mol. The molecular formula is C19H8F20N4O. The van der Waals surface area contributed by atoms with Gasteiger partial charge in [-0.15, -0.1) is 0 Å². The maximum absolute atomic E-state index is 14.4. The first-order valence-electron chi connectivity index (χ1n) is 10.3. The fraction of sp³-hybridized carbons (Fsp3) is 0.526. The zero-order valence-electron chi connectivity index (χ0n) is 20.1. The molecule has 0 radical (unpaired) electrons. The van der Waals surface area contributed by atoms with Crippen molar-refractivity contribution < 1.29 is 92.5 Å². The lowest BCUT2D eigenvalue weighted by Gasteiger charge is -2.42. The van der Waals surface area contributed by atoms with Crippen molar-refractivity contribution in [3.05, 3.63) is 35.9 Å². The second-order valence-corrected chi connectivity index (χ2v) is 8.19. The Bertz CT molecular complexity index is 1290. The number of nitrogens with one attached hydrogen (secondary N) is 1. The number of methoxy groups -OCH3 is 1. The predicted octanol–water partition coefficient (Wildman–Crippen LogP) is 8.11. The molecule has 0 aliphatic rings. The molecule has 2 rings (SSSR count). The molecule has 2 aromatic rings. The number of aromatic nitrogens is 3. The molecule has 1 aromatic carbocycles. The maximum atomic E-state index is 14.4. The van der Waals surface area contributed by atoms with Crippen LogP contribution in [-0.4, -0.2) is 65.0 Å². The van der Waals surface area contributed by atoms with Crippen LogP contribution in [0.3, 0.4) is 0 Å². The van der Waals surface area contributed by atoms with Crippen LogP contribution in [0.5, 0.6) is 5.75 Å². The molecule has 44 heavy (non-hydrogen) atoms. The quantitative estimate of drug-likeness (QED) is 0.311. The van der Waals surface area contributed by atoms with Crippen molar-refractivity contribution >= 4 is 11.6 Å². The average Bonchev–Trinajstić information content (AvgIpc) is 2.74. The molecule has 0 aliphatic carbocycles. The van der Waals surface area contributed by atoms with Crippen molar-refractivity contribution in [2.24, 2.45) is 0 Å². The van der Waals surface area contributed by atoms with Gasteiger partial charge >= 0.3 is 48.4 Å². The molecule has 0 spiro atoms. The lowest BCUT2D eigenvalue weighted by molar-refractivity contribution is -0.416. The van der Waals surface area contributed by atoms with E-state index in [2.05, 4.69) is 4.74 Å². The van der Waals surface area contributed by atoms with Gasteiger partial charge in [0.25, 0.3) is 5.41 Å². The van der Waals surface area contributed by atoms with Crippen molar-refractivity contribution in [2.75, 3.05) is 12.4 Å². The Kier molecular flexibility index (Phi) is 8.75. The Labute approximate surface area is 228 Å². The van der Waals surface area contributed by atoms with E-state index in [1.807, 2.05) is 9.97 Å². The standard InChI is InChI=1S/C19H8F20N4O/c1-44-7-5-3-2-4-6(7)40-10-42-8(11(14(22,23)24,15(25,26)27)13(20,21)19(37,38)39)41-9(43-10)12(16(28,29)30,17(31,32)33)18(34,35)36/h2-5H,1H3,(H,40,41,42,43). The number of ether oxygens (including phenoxy) is 1. The van der Waals surface area contributed by atoms with Crippen LogP contribution in [0, 0.1) is 0 Å². The summed E-state index contributed by atoms with van der Waals surface area (Å²) in [4.78, 5) is 5.13. The maximum Gasteiger partial charge on any atom is 0.455 e. The van der Waals surface area contributed by atoms with Crippen LogP contribution in [0.2, 0.25) is 0 Å². The van der Waals surface area contributed by atoms with Gasteiger partial charge in [0, 0.05) is 0 Å². The molecule has 0 atom stereocenters. The van der Waals surface area contributed by atoms with Crippen molar-refractivity contribution in [3.8, 4) is 5.75 Å². The van der Waals surface area contributed by atoms with Gasteiger partial charge < -0.3 is 10.1 Å². The molecule has 0 unspecified atom stereocenters. The normalized spacial score (nSPS) is 14.9. The Balaban J connectivity index is 3.41. The summed E-state index contributed by atoms with van der Waals surface area (Å²) in [5.74, 6) is -20.3. The number of alkyl halides is 20. The fourth-order valence-electron chi connectivity index (χ4n) is 3.62. The van der Waals surface area contributed by atoms with Gasteiger partial charge in [-0.3, -0.25) is 0 Å². The summed E-state index contributed by atoms with van der Waals surface area (Å²) >= 11 is 0. The summed E-state index contributed by atoms with van der Waals surface area (Å²) in [5, 5.41) is 1.25. The van der Waals surface area contributed by atoms with Crippen LogP contribution >= 0.6 is 0 Å². The largest absolute Gasteiger partial charge is 0.495 e. The zero-order valence-corrected chi connectivity index (χ0v) is 20.1. The summed E-state index contributed by atoms with van der Waals surface area (Å²) in [6.07, 6.45) is -48.0. The molecule has 5 nitrogen and oxygen atoms in total. The number of hydrogen-bond donors (Lipinski definition) is 1. The van der Waals surface area contributed by atoms with Crippen LogP contribution < -0.4 is 10.1 Å². The topological polar surface area (TPSA) is 59.9 Å².